The van der Waals surface area contributed by atoms with E-state index in [0.29, 0.717) is 6.54 Å². The third-order valence-electron chi connectivity index (χ3n) is 2.85. The van der Waals surface area contributed by atoms with Gasteiger partial charge in [0, 0.05) is 18.1 Å². The van der Waals surface area contributed by atoms with Gasteiger partial charge >= 0.3 is 5.97 Å². The number of aliphatic carboxylic acids is 1. The molecule has 0 radical (unpaired) electrons. The molecular formula is C14H20BrNO3. The Morgan fingerprint density at radius 1 is 1.47 bits per heavy atom. The van der Waals surface area contributed by atoms with E-state index in [1.807, 2.05) is 44.0 Å². The topological polar surface area (TPSA) is 49.8 Å². The molecule has 19 heavy (non-hydrogen) atoms. The average molecular weight is 330 g/mol. The molecule has 1 rings (SSSR count). The zero-order valence-corrected chi connectivity index (χ0v) is 13.3. The first-order valence-electron chi connectivity index (χ1n) is 6.01. The molecule has 1 N–H and O–H groups in total. The van der Waals surface area contributed by atoms with Crippen molar-refractivity contribution in [2.45, 2.75) is 20.3 Å². The minimum absolute atomic E-state index is 0.133. The molecule has 1 aromatic carbocycles. The van der Waals surface area contributed by atoms with Crippen LogP contribution in [-0.4, -0.2) is 31.8 Å². The summed E-state index contributed by atoms with van der Waals surface area (Å²) in [6.07, 6.45) is 0.133. The highest BCUT2D eigenvalue weighted by Crippen LogP contribution is 2.33. The van der Waals surface area contributed by atoms with Gasteiger partial charge < -0.3 is 14.7 Å². The minimum Gasteiger partial charge on any atom is -0.495 e. The molecule has 0 spiro atoms. The fraction of sp³-hybridized carbons (Fsp3) is 0.500. The number of benzene rings is 1. The summed E-state index contributed by atoms with van der Waals surface area (Å²) in [6.45, 7) is 4.52. The predicted molar refractivity (Wildman–Crippen MR) is 80.0 cm³/mol. The van der Waals surface area contributed by atoms with Gasteiger partial charge in [0.15, 0.2) is 0 Å². The van der Waals surface area contributed by atoms with Crippen LogP contribution in [0.3, 0.4) is 0 Å². The van der Waals surface area contributed by atoms with Crippen LogP contribution >= 0.6 is 15.9 Å². The fourth-order valence-electron chi connectivity index (χ4n) is 2.15. The molecule has 0 heterocycles. The molecule has 0 saturated carbocycles. The average Bonchev–Trinajstić information content (AvgIpc) is 2.26. The van der Waals surface area contributed by atoms with Crippen LogP contribution < -0.4 is 9.64 Å². The number of nitrogens with zero attached hydrogens (tertiary/aromatic N) is 1. The number of halogens is 1. The van der Waals surface area contributed by atoms with Crippen molar-refractivity contribution in [3.63, 3.8) is 0 Å². The maximum atomic E-state index is 10.9. The van der Waals surface area contributed by atoms with Crippen LogP contribution in [0.25, 0.3) is 0 Å². The van der Waals surface area contributed by atoms with Crippen molar-refractivity contribution in [3.8, 4) is 5.75 Å². The fourth-order valence-corrected chi connectivity index (χ4v) is 2.50. The van der Waals surface area contributed by atoms with Crippen molar-refractivity contribution in [3.05, 3.63) is 22.7 Å². The molecule has 0 fully saturated rings. The van der Waals surface area contributed by atoms with E-state index in [1.54, 1.807) is 7.11 Å². The van der Waals surface area contributed by atoms with E-state index in [2.05, 4.69) is 15.9 Å². The van der Waals surface area contributed by atoms with Crippen LogP contribution in [0.4, 0.5) is 5.69 Å². The van der Waals surface area contributed by atoms with E-state index in [1.165, 1.54) is 0 Å². The normalized spacial score (nSPS) is 11.2. The molecule has 0 aliphatic rings. The summed E-state index contributed by atoms with van der Waals surface area (Å²) >= 11 is 3.44. The van der Waals surface area contributed by atoms with Crippen molar-refractivity contribution in [2.24, 2.45) is 5.41 Å². The lowest BCUT2D eigenvalue weighted by molar-refractivity contribution is -0.139. The Bertz CT molecular complexity index is 460. The highest BCUT2D eigenvalue weighted by molar-refractivity contribution is 9.10. The molecule has 4 nitrogen and oxygen atoms in total. The van der Waals surface area contributed by atoms with Gasteiger partial charge in [-0.25, -0.2) is 0 Å². The Hall–Kier alpha value is -1.23. The van der Waals surface area contributed by atoms with Crippen molar-refractivity contribution in [2.75, 3.05) is 25.6 Å². The molecule has 0 bridgehead atoms. The van der Waals surface area contributed by atoms with Gasteiger partial charge in [-0.15, -0.1) is 0 Å². The Balaban J connectivity index is 2.91. The first-order chi connectivity index (χ1) is 8.75. The lowest BCUT2D eigenvalue weighted by Gasteiger charge is -2.31. The summed E-state index contributed by atoms with van der Waals surface area (Å²) in [7, 11) is 3.57. The predicted octanol–water partition coefficient (Wildman–Crippen LogP) is 3.39. The third-order valence-corrected chi connectivity index (χ3v) is 3.34. The monoisotopic (exact) mass is 329 g/mol. The lowest BCUT2D eigenvalue weighted by Crippen LogP contribution is -2.33. The molecule has 0 unspecified atom stereocenters. The summed E-state index contributed by atoms with van der Waals surface area (Å²) in [5, 5.41) is 8.93. The molecule has 0 amide bonds. The van der Waals surface area contributed by atoms with E-state index in [0.717, 1.165) is 15.9 Å². The van der Waals surface area contributed by atoms with Gasteiger partial charge in [0.2, 0.25) is 0 Å². The molecule has 1 aromatic rings. The molecule has 0 aliphatic carbocycles. The second-order valence-electron chi connectivity index (χ2n) is 5.41. The van der Waals surface area contributed by atoms with Crippen LogP contribution in [0.1, 0.15) is 20.3 Å². The summed E-state index contributed by atoms with van der Waals surface area (Å²) in [6, 6.07) is 5.77. The van der Waals surface area contributed by atoms with Crippen LogP contribution in [0.15, 0.2) is 22.7 Å². The van der Waals surface area contributed by atoms with Gasteiger partial charge in [0.05, 0.1) is 19.2 Å². The molecule has 0 saturated heterocycles. The first-order valence-corrected chi connectivity index (χ1v) is 6.81. The van der Waals surface area contributed by atoms with Crippen LogP contribution in [-0.2, 0) is 4.79 Å². The van der Waals surface area contributed by atoms with Crippen LogP contribution in [0.2, 0.25) is 0 Å². The van der Waals surface area contributed by atoms with E-state index in [-0.39, 0.29) is 11.8 Å². The van der Waals surface area contributed by atoms with Crippen LogP contribution in [0.5, 0.6) is 5.75 Å². The standard InChI is InChI=1S/C14H20BrNO3/c1-14(2,8-13(17)18)9-16(3)11-7-10(15)5-6-12(11)19-4/h5-7H,8-9H2,1-4H3,(H,17,18). The van der Waals surface area contributed by atoms with E-state index >= 15 is 0 Å². The number of anilines is 1. The van der Waals surface area contributed by atoms with Gasteiger partial charge in [0.1, 0.15) is 5.75 Å². The van der Waals surface area contributed by atoms with E-state index in [4.69, 9.17) is 9.84 Å². The summed E-state index contributed by atoms with van der Waals surface area (Å²) < 4.78 is 6.30. The largest absolute Gasteiger partial charge is 0.495 e. The Morgan fingerprint density at radius 2 is 2.11 bits per heavy atom. The number of methoxy groups -OCH3 is 1. The van der Waals surface area contributed by atoms with Crippen molar-refractivity contribution in [1.29, 1.82) is 0 Å². The van der Waals surface area contributed by atoms with Crippen molar-refractivity contribution in [1.82, 2.24) is 0 Å². The van der Waals surface area contributed by atoms with Gasteiger partial charge in [-0.2, -0.15) is 0 Å². The molecule has 106 valence electrons. The SMILES string of the molecule is COc1ccc(Br)cc1N(C)CC(C)(C)CC(=O)O. The Morgan fingerprint density at radius 3 is 2.63 bits per heavy atom. The maximum absolute atomic E-state index is 10.9. The molecular weight excluding hydrogens is 310 g/mol. The third kappa shape index (κ3) is 4.74. The second-order valence-corrected chi connectivity index (χ2v) is 6.32. The van der Waals surface area contributed by atoms with Gasteiger partial charge in [-0.1, -0.05) is 29.8 Å². The number of carboxylic acid groups (broad SMARTS) is 1. The highest BCUT2D eigenvalue weighted by atomic mass is 79.9. The molecule has 0 atom stereocenters. The highest BCUT2D eigenvalue weighted by Gasteiger charge is 2.24. The van der Waals surface area contributed by atoms with Gasteiger partial charge in [-0.3, -0.25) is 4.79 Å². The van der Waals surface area contributed by atoms with Crippen molar-refractivity contribution >= 4 is 27.6 Å². The van der Waals surface area contributed by atoms with Gasteiger partial charge in [-0.05, 0) is 23.6 Å². The zero-order chi connectivity index (χ0) is 14.6. The second kappa shape index (κ2) is 6.28. The number of hydrogen-bond donors (Lipinski definition) is 1. The lowest BCUT2D eigenvalue weighted by atomic mass is 9.88. The van der Waals surface area contributed by atoms with Crippen molar-refractivity contribution < 1.29 is 14.6 Å². The summed E-state index contributed by atoms with van der Waals surface area (Å²) in [4.78, 5) is 12.9. The number of hydrogen-bond acceptors (Lipinski definition) is 3. The summed E-state index contributed by atoms with van der Waals surface area (Å²) in [5.41, 5.74) is 0.629. The molecule has 0 aromatic heterocycles. The van der Waals surface area contributed by atoms with Crippen LogP contribution in [0, 0.1) is 5.41 Å². The minimum atomic E-state index is -0.778. The summed E-state index contributed by atoms with van der Waals surface area (Å²) in [5.74, 6) is -0.00330. The zero-order valence-electron chi connectivity index (χ0n) is 11.7. The van der Waals surface area contributed by atoms with E-state index in [9.17, 15) is 4.79 Å². The maximum Gasteiger partial charge on any atom is 0.303 e. The number of rotatable bonds is 6. The quantitative estimate of drug-likeness (QED) is 0.869. The number of carbonyl (C=O) groups is 1. The van der Waals surface area contributed by atoms with Gasteiger partial charge in [0.25, 0.3) is 0 Å². The smallest absolute Gasteiger partial charge is 0.303 e. The van der Waals surface area contributed by atoms with E-state index < -0.39 is 5.97 Å². The number of carboxylic acids is 1. The first kappa shape index (κ1) is 15.8. The molecule has 0 aliphatic heterocycles. The Labute approximate surface area is 122 Å². The Kier molecular flexibility index (Phi) is 5.23. The molecule has 5 heteroatoms. The number of ether oxygens (including phenoxy) is 1.